The molecule has 0 aliphatic rings. The van der Waals surface area contributed by atoms with E-state index in [1.54, 1.807) is 27.4 Å². The van der Waals surface area contributed by atoms with Crippen molar-refractivity contribution in [1.82, 2.24) is 0 Å². The van der Waals surface area contributed by atoms with Crippen LogP contribution < -0.4 is 0 Å². The van der Waals surface area contributed by atoms with E-state index in [1.165, 1.54) is 0 Å². The van der Waals surface area contributed by atoms with E-state index < -0.39 is 8.80 Å². The van der Waals surface area contributed by atoms with Gasteiger partial charge in [0, 0.05) is 21.3 Å². The van der Waals surface area contributed by atoms with Gasteiger partial charge in [-0.15, -0.1) is 5.73 Å². The van der Waals surface area contributed by atoms with Crippen LogP contribution in [0.25, 0.3) is 0 Å². The summed E-state index contributed by atoms with van der Waals surface area (Å²) in [5, 5.41) is 0. The third kappa shape index (κ3) is 5.31. The normalized spacial score (nSPS) is 10.2. The Morgan fingerprint density at radius 2 is 1.71 bits per heavy atom. The first-order chi connectivity index (χ1) is 6.24. The van der Waals surface area contributed by atoms with E-state index in [0.717, 1.165) is 0 Å². The van der Waals surface area contributed by atoms with E-state index in [9.17, 15) is 0 Å². The predicted octanol–water partition coefficient (Wildman–Crippen LogP) is -0.0633. The van der Waals surface area contributed by atoms with Gasteiger partial charge in [0.25, 0.3) is 0 Å². The Labute approximate surface area is 85.6 Å². The zero-order valence-electron chi connectivity index (χ0n) is 8.83. The Bertz CT molecular complexity index is 166. The van der Waals surface area contributed by atoms with Crippen LogP contribution in [0.4, 0.5) is 0 Å². The number of rotatable bonds is 7. The van der Waals surface area contributed by atoms with Gasteiger partial charge in [-0.1, -0.05) is 6.58 Å². The van der Waals surface area contributed by atoms with Gasteiger partial charge in [0.1, 0.15) is 6.23 Å². The third-order valence-electron chi connectivity index (χ3n) is 1.56. The summed E-state index contributed by atoms with van der Waals surface area (Å²) in [5.74, 6) is 0. The van der Waals surface area contributed by atoms with E-state index in [1.807, 2.05) is 0 Å². The predicted molar refractivity (Wildman–Crippen MR) is 54.9 cm³/mol. The van der Waals surface area contributed by atoms with E-state index >= 15 is 0 Å². The summed E-state index contributed by atoms with van der Waals surface area (Å²) < 4.78 is 20.6. The lowest BCUT2D eigenvalue weighted by Crippen LogP contribution is -2.48. The Balaban J connectivity index is 0. The van der Waals surface area contributed by atoms with Crippen LogP contribution in [0.3, 0.4) is 0 Å². The second-order valence-corrected chi connectivity index (χ2v) is 5.10. The molecule has 0 radical (unpaired) electrons. The maximum absolute atomic E-state index is 5.24. The molecule has 0 amide bonds. The first kappa shape index (κ1) is 16.0. The molecule has 0 fully saturated rings. The molecule has 0 aromatic carbocycles. The van der Waals surface area contributed by atoms with Gasteiger partial charge >= 0.3 is 8.80 Å². The molecule has 0 saturated heterocycles. The highest BCUT2D eigenvalue weighted by Crippen LogP contribution is 2.05. The molecule has 0 aromatic rings. The van der Waals surface area contributed by atoms with Crippen molar-refractivity contribution >= 4 is 8.80 Å². The second kappa shape index (κ2) is 9.11. The molecule has 0 spiro atoms. The average molecular weight is 222 g/mol. The highest BCUT2D eigenvalue weighted by molar-refractivity contribution is 6.60. The second-order valence-electron chi connectivity index (χ2n) is 2.22. The van der Waals surface area contributed by atoms with Crippen LogP contribution in [0.1, 0.15) is 0 Å². The van der Waals surface area contributed by atoms with E-state index in [2.05, 4.69) is 12.3 Å². The molecular weight excluding hydrogens is 204 g/mol. The first-order valence-corrected chi connectivity index (χ1v) is 5.75. The minimum atomic E-state index is -2.56. The van der Waals surface area contributed by atoms with E-state index in [4.69, 9.17) is 18.0 Å². The van der Waals surface area contributed by atoms with Crippen LogP contribution in [-0.4, -0.2) is 48.4 Å². The molecule has 0 aliphatic carbocycles. The molecule has 0 heterocycles. The van der Waals surface area contributed by atoms with Gasteiger partial charge in [-0.2, -0.15) is 0 Å². The van der Waals surface area contributed by atoms with Crippen LogP contribution in [0.2, 0.25) is 0 Å². The summed E-state index contributed by atoms with van der Waals surface area (Å²) in [6, 6.07) is 0. The molecule has 0 atom stereocenters. The van der Waals surface area contributed by atoms with Gasteiger partial charge in [0.2, 0.25) is 0 Å². The lowest BCUT2D eigenvalue weighted by Gasteiger charge is -2.23. The van der Waals surface area contributed by atoms with Gasteiger partial charge in [-0.25, -0.2) is 0 Å². The molecular formula is C8H18O5Si. The summed E-state index contributed by atoms with van der Waals surface area (Å²) in [7, 11) is 2.08. The summed E-state index contributed by atoms with van der Waals surface area (Å²) in [6.07, 6.45) is 2.01. The van der Waals surface area contributed by atoms with Crippen molar-refractivity contribution in [3.8, 4) is 0 Å². The summed E-state index contributed by atoms with van der Waals surface area (Å²) in [4.78, 5) is 0. The topological polar surface area (TPSA) is 68.4 Å². The van der Waals surface area contributed by atoms with Gasteiger partial charge < -0.3 is 23.5 Å². The number of hydrogen-bond donors (Lipinski definition) is 0. The van der Waals surface area contributed by atoms with Crippen molar-refractivity contribution in [1.29, 1.82) is 0 Å². The van der Waals surface area contributed by atoms with Crippen molar-refractivity contribution in [3.05, 3.63) is 18.4 Å². The maximum Gasteiger partial charge on any atom is 0.527 e. The van der Waals surface area contributed by atoms with E-state index in [-0.39, 0.29) is 5.48 Å². The zero-order valence-corrected chi connectivity index (χ0v) is 9.83. The summed E-state index contributed by atoms with van der Waals surface area (Å²) >= 11 is 0. The monoisotopic (exact) mass is 222 g/mol. The molecule has 0 saturated carbocycles. The third-order valence-corrected chi connectivity index (χ3v) is 3.98. The fraction of sp³-hybridized carbons (Fsp3) is 0.625. The smallest absolute Gasteiger partial charge is 0.412 e. The summed E-state index contributed by atoms with van der Waals surface area (Å²) in [5.41, 5.74) is 2.60. The quantitative estimate of drug-likeness (QED) is 0.344. The van der Waals surface area contributed by atoms with Crippen LogP contribution in [0.5, 0.6) is 0 Å². The largest absolute Gasteiger partial charge is 0.527 e. The van der Waals surface area contributed by atoms with Crippen molar-refractivity contribution in [3.63, 3.8) is 0 Å². The van der Waals surface area contributed by atoms with Gasteiger partial charge in [0.15, 0.2) is 0 Å². The highest BCUT2D eigenvalue weighted by atomic mass is 28.4. The average Bonchev–Trinajstić information content (AvgIpc) is 2.20. The van der Waals surface area contributed by atoms with Crippen LogP contribution >= 0.6 is 0 Å². The molecule has 0 bridgehead atoms. The lowest BCUT2D eigenvalue weighted by atomic mass is 10.6. The Morgan fingerprint density at radius 3 is 2.07 bits per heavy atom. The van der Waals surface area contributed by atoms with Crippen molar-refractivity contribution in [2.24, 2.45) is 0 Å². The standard InChI is InChI=1S/C8H16O4Si.H2O/c1-5-6-7-12-8-13(9-2,10-3)11-4;/h6H,1,7-8H2,2-4H3;1H2. The molecule has 0 unspecified atom stereocenters. The Morgan fingerprint density at radius 1 is 1.21 bits per heavy atom. The Kier molecular flexibility index (Phi) is 10.4. The molecule has 2 N–H and O–H groups in total. The van der Waals surface area contributed by atoms with Crippen molar-refractivity contribution in [2.75, 3.05) is 34.2 Å². The highest BCUT2D eigenvalue weighted by Gasteiger charge is 2.38. The van der Waals surface area contributed by atoms with Crippen molar-refractivity contribution < 1.29 is 23.5 Å². The fourth-order valence-corrected chi connectivity index (χ4v) is 1.95. The molecule has 14 heavy (non-hydrogen) atoms. The minimum Gasteiger partial charge on any atom is -0.412 e. The van der Waals surface area contributed by atoms with Crippen LogP contribution in [0.15, 0.2) is 18.4 Å². The van der Waals surface area contributed by atoms with Crippen LogP contribution in [0, 0.1) is 0 Å². The molecule has 0 aromatic heterocycles. The fourth-order valence-electron chi connectivity index (χ4n) is 0.729. The van der Waals surface area contributed by atoms with Crippen LogP contribution in [-0.2, 0) is 18.0 Å². The first-order valence-electron chi connectivity index (χ1n) is 3.82. The number of hydrogen-bond acceptors (Lipinski definition) is 4. The minimum absolute atomic E-state index is 0. The molecule has 84 valence electrons. The zero-order chi connectivity index (χ0) is 10.2. The van der Waals surface area contributed by atoms with Gasteiger partial charge in [-0.3, -0.25) is 0 Å². The molecule has 5 nitrogen and oxygen atoms in total. The molecule has 0 aliphatic heterocycles. The van der Waals surface area contributed by atoms with Gasteiger partial charge in [0.05, 0.1) is 6.61 Å². The maximum atomic E-state index is 5.24. The SMILES string of the molecule is C=C=CCOC[Si](OC)(OC)OC.O. The Hall–Kier alpha value is -0.463. The molecule has 6 heteroatoms. The molecule has 0 rings (SSSR count). The number of ether oxygens (including phenoxy) is 1. The van der Waals surface area contributed by atoms with E-state index in [0.29, 0.717) is 12.8 Å². The van der Waals surface area contributed by atoms with Crippen molar-refractivity contribution in [2.45, 2.75) is 0 Å². The van der Waals surface area contributed by atoms with Gasteiger partial charge in [-0.05, 0) is 6.08 Å². The lowest BCUT2D eigenvalue weighted by molar-refractivity contribution is 0.0720. The summed E-state index contributed by atoms with van der Waals surface area (Å²) in [6.45, 7) is 3.85.